The highest BCUT2D eigenvalue weighted by atomic mass is 16.1. The lowest BCUT2D eigenvalue weighted by Crippen LogP contribution is -2.25. The minimum atomic E-state index is 0.0458. The number of hydrogen-bond donors (Lipinski definition) is 2. The van der Waals surface area contributed by atoms with Gasteiger partial charge in [-0.15, -0.1) is 6.58 Å². The van der Waals surface area contributed by atoms with Crippen molar-refractivity contribution in [3.8, 4) is 0 Å². The quantitative estimate of drug-likeness (QED) is 0.645. The van der Waals surface area contributed by atoms with Crippen molar-refractivity contribution in [2.75, 3.05) is 6.54 Å². The maximum absolute atomic E-state index is 11.1. The summed E-state index contributed by atoms with van der Waals surface area (Å²) < 4.78 is 0. The summed E-state index contributed by atoms with van der Waals surface area (Å²) in [6.07, 6.45) is 5.08. The number of amides is 1. The zero-order valence-corrected chi connectivity index (χ0v) is 7.99. The normalized spacial score (nSPS) is 9.71. The van der Waals surface area contributed by atoms with E-state index >= 15 is 0 Å². The van der Waals surface area contributed by atoms with E-state index in [0.717, 1.165) is 5.82 Å². The molecule has 0 aliphatic heterocycles. The average molecular weight is 194 g/mol. The van der Waals surface area contributed by atoms with Crippen molar-refractivity contribution in [1.29, 1.82) is 0 Å². The molecule has 5 heteroatoms. The van der Waals surface area contributed by atoms with Crippen molar-refractivity contribution in [2.45, 2.75) is 19.3 Å². The zero-order chi connectivity index (χ0) is 10.2. The highest BCUT2D eigenvalue weighted by Gasteiger charge is 1.99. The molecule has 1 rings (SSSR count). The third kappa shape index (κ3) is 3.84. The van der Waals surface area contributed by atoms with Crippen molar-refractivity contribution in [3.05, 3.63) is 24.8 Å². The SMILES string of the molecule is C=CCCC(=O)NCCc1ncn[nH]1. The van der Waals surface area contributed by atoms with Crippen LogP contribution in [0.1, 0.15) is 18.7 Å². The van der Waals surface area contributed by atoms with Gasteiger partial charge in [-0.2, -0.15) is 5.10 Å². The fourth-order valence-corrected chi connectivity index (χ4v) is 0.993. The Kier molecular flexibility index (Phi) is 4.40. The van der Waals surface area contributed by atoms with Crippen LogP contribution < -0.4 is 5.32 Å². The van der Waals surface area contributed by atoms with Gasteiger partial charge in [-0.05, 0) is 6.42 Å². The molecule has 0 aliphatic rings. The number of aromatic amines is 1. The first-order chi connectivity index (χ1) is 6.83. The van der Waals surface area contributed by atoms with Crippen molar-refractivity contribution >= 4 is 5.91 Å². The summed E-state index contributed by atoms with van der Waals surface area (Å²) >= 11 is 0. The first-order valence-corrected chi connectivity index (χ1v) is 4.54. The molecule has 5 nitrogen and oxygen atoms in total. The predicted octanol–water partition coefficient (Wildman–Crippen LogP) is 0.430. The number of nitrogens with one attached hydrogen (secondary N) is 2. The topological polar surface area (TPSA) is 70.7 Å². The summed E-state index contributed by atoms with van der Waals surface area (Å²) in [5.41, 5.74) is 0. The van der Waals surface area contributed by atoms with Gasteiger partial charge in [0.25, 0.3) is 0 Å². The fourth-order valence-electron chi connectivity index (χ4n) is 0.993. The molecule has 0 aliphatic carbocycles. The predicted molar refractivity (Wildman–Crippen MR) is 52.5 cm³/mol. The Morgan fingerprint density at radius 3 is 3.21 bits per heavy atom. The second kappa shape index (κ2) is 5.90. The van der Waals surface area contributed by atoms with Gasteiger partial charge >= 0.3 is 0 Å². The minimum Gasteiger partial charge on any atom is -0.356 e. The van der Waals surface area contributed by atoms with E-state index in [4.69, 9.17) is 0 Å². The van der Waals surface area contributed by atoms with Gasteiger partial charge in [0.15, 0.2) is 0 Å². The number of H-pyrrole nitrogens is 1. The van der Waals surface area contributed by atoms with Crippen molar-refractivity contribution in [3.63, 3.8) is 0 Å². The number of allylic oxidation sites excluding steroid dienone is 1. The molecule has 1 heterocycles. The van der Waals surface area contributed by atoms with Crippen LogP contribution in [-0.4, -0.2) is 27.6 Å². The minimum absolute atomic E-state index is 0.0458. The molecule has 0 saturated carbocycles. The van der Waals surface area contributed by atoms with Crippen LogP contribution >= 0.6 is 0 Å². The molecule has 0 spiro atoms. The summed E-state index contributed by atoms with van der Waals surface area (Å²) in [7, 11) is 0. The summed E-state index contributed by atoms with van der Waals surface area (Å²) in [6.45, 7) is 4.14. The van der Waals surface area contributed by atoms with E-state index in [9.17, 15) is 4.79 Å². The second-order valence-electron chi connectivity index (χ2n) is 2.86. The maximum Gasteiger partial charge on any atom is 0.220 e. The lowest BCUT2D eigenvalue weighted by atomic mass is 10.3. The highest BCUT2D eigenvalue weighted by molar-refractivity contribution is 5.75. The Balaban J connectivity index is 2.09. The zero-order valence-electron chi connectivity index (χ0n) is 7.99. The number of rotatable bonds is 6. The van der Waals surface area contributed by atoms with E-state index in [2.05, 4.69) is 27.1 Å². The molecule has 1 aromatic rings. The van der Waals surface area contributed by atoms with Crippen LogP contribution in [0.5, 0.6) is 0 Å². The standard InChI is InChI=1S/C9H14N4O/c1-2-3-4-9(14)10-6-5-8-11-7-12-13-8/h2,7H,1,3-6H2,(H,10,14)(H,11,12,13). The van der Waals surface area contributed by atoms with Gasteiger partial charge in [0.2, 0.25) is 5.91 Å². The Morgan fingerprint density at radius 1 is 1.71 bits per heavy atom. The summed E-state index contributed by atoms with van der Waals surface area (Å²) in [6, 6.07) is 0. The molecule has 2 N–H and O–H groups in total. The molecule has 76 valence electrons. The summed E-state index contributed by atoms with van der Waals surface area (Å²) in [4.78, 5) is 15.1. The molecule has 0 radical (unpaired) electrons. The van der Waals surface area contributed by atoms with Gasteiger partial charge in [0.05, 0.1) is 0 Å². The van der Waals surface area contributed by atoms with E-state index in [-0.39, 0.29) is 5.91 Å². The van der Waals surface area contributed by atoms with E-state index < -0.39 is 0 Å². The molecule has 1 aromatic heterocycles. The second-order valence-corrected chi connectivity index (χ2v) is 2.86. The molecule has 0 atom stereocenters. The van der Waals surface area contributed by atoms with Crippen molar-refractivity contribution in [1.82, 2.24) is 20.5 Å². The molecule has 0 unspecified atom stereocenters. The van der Waals surface area contributed by atoms with Gasteiger partial charge in [-0.1, -0.05) is 6.08 Å². The molecule has 0 bridgehead atoms. The van der Waals surface area contributed by atoms with Crippen LogP contribution in [0.4, 0.5) is 0 Å². The number of carbonyl (C=O) groups is 1. The highest BCUT2D eigenvalue weighted by Crippen LogP contribution is 1.90. The third-order valence-electron chi connectivity index (χ3n) is 1.72. The Labute approximate surface area is 82.6 Å². The summed E-state index contributed by atoms with van der Waals surface area (Å²) in [5, 5.41) is 9.21. The number of nitrogens with zero attached hydrogens (tertiary/aromatic N) is 2. The lowest BCUT2D eigenvalue weighted by molar-refractivity contribution is -0.120. The summed E-state index contributed by atoms with van der Waals surface area (Å²) in [5.74, 6) is 0.832. The largest absolute Gasteiger partial charge is 0.356 e. The van der Waals surface area contributed by atoms with Crippen LogP contribution in [0.25, 0.3) is 0 Å². The molecule has 0 fully saturated rings. The lowest BCUT2D eigenvalue weighted by Gasteiger charge is -2.01. The van der Waals surface area contributed by atoms with E-state index in [0.29, 0.717) is 25.8 Å². The van der Waals surface area contributed by atoms with Gasteiger partial charge in [-0.3, -0.25) is 9.89 Å². The van der Waals surface area contributed by atoms with Crippen molar-refractivity contribution < 1.29 is 4.79 Å². The van der Waals surface area contributed by atoms with E-state index in [1.807, 2.05) is 0 Å². The van der Waals surface area contributed by atoms with Gasteiger partial charge in [0.1, 0.15) is 12.2 Å². The third-order valence-corrected chi connectivity index (χ3v) is 1.72. The molecule has 14 heavy (non-hydrogen) atoms. The van der Waals surface area contributed by atoms with Gasteiger partial charge in [-0.25, -0.2) is 4.98 Å². The van der Waals surface area contributed by atoms with Gasteiger partial charge in [0, 0.05) is 19.4 Å². The molecular weight excluding hydrogens is 180 g/mol. The molecule has 0 aromatic carbocycles. The van der Waals surface area contributed by atoms with Crippen LogP contribution in [-0.2, 0) is 11.2 Å². The molecule has 1 amide bonds. The first-order valence-electron chi connectivity index (χ1n) is 4.54. The van der Waals surface area contributed by atoms with Crippen LogP contribution in [0.2, 0.25) is 0 Å². The average Bonchev–Trinajstić information content (AvgIpc) is 2.67. The molecular formula is C9H14N4O. The van der Waals surface area contributed by atoms with Gasteiger partial charge < -0.3 is 5.32 Å². The van der Waals surface area contributed by atoms with E-state index in [1.165, 1.54) is 6.33 Å². The number of hydrogen-bond acceptors (Lipinski definition) is 3. The maximum atomic E-state index is 11.1. The van der Waals surface area contributed by atoms with Crippen LogP contribution in [0.3, 0.4) is 0 Å². The van der Waals surface area contributed by atoms with Crippen molar-refractivity contribution in [2.24, 2.45) is 0 Å². The van der Waals surface area contributed by atoms with Crippen LogP contribution in [0, 0.1) is 0 Å². The Hall–Kier alpha value is -1.65. The number of carbonyl (C=O) groups excluding carboxylic acids is 1. The smallest absolute Gasteiger partial charge is 0.220 e. The monoisotopic (exact) mass is 194 g/mol. The Morgan fingerprint density at radius 2 is 2.57 bits per heavy atom. The van der Waals surface area contributed by atoms with E-state index in [1.54, 1.807) is 6.08 Å². The Bertz CT molecular complexity index is 281. The fraction of sp³-hybridized carbons (Fsp3) is 0.444. The first kappa shape index (κ1) is 10.4. The number of aromatic nitrogens is 3. The van der Waals surface area contributed by atoms with Crippen LogP contribution in [0.15, 0.2) is 19.0 Å². The molecule has 0 saturated heterocycles.